The van der Waals surface area contributed by atoms with E-state index in [0.717, 1.165) is 18.4 Å². The van der Waals surface area contributed by atoms with Crippen molar-refractivity contribution in [2.45, 2.75) is 31.6 Å². The maximum atomic E-state index is 11.0. The van der Waals surface area contributed by atoms with Crippen LogP contribution in [0.1, 0.15) is 29.5 Å². The first-order chi connectivity index (χ1) is 7.57. The summed E-state index contributed by atoms with van der Waals surface area (Å²) >= 11 is 0. The lowest BCUT2D eigenvalue weighted by Crippen LogP contribution is -2.35. The maximum absolute atomic E-state index is 11.0. The van der Waals surface area contributed by atoms with Crippen LogP contribution in [0.3, 0.4) is 0 Å². The maximum Gasteiger partial charge on any atom is 0.304 e. The van der Waals surface area contributed by atoms with Crippen molar-refractivity contribution in [1.29, 1.82) is 0 Å². The largest absolute Gasteiger partial charge is 0.481 e. The van der Waals surface area contributed by atoms with Gasteiger partial charge in [0.05, 0.1) is 6.42 Å². The van der Waals surface area contributed by atoms with Crippen molar-refractivity contribution in [3.05, 3.63) is 34.9 Å². The van der Waals surface area contributed by atoms with Crippen molar-refractivity contribution in [1.82, 2.24) is 0 Å². The molecule has 3 N–H and O–H groups in total. The Kier molecular flexibility index (Phi) is 2.72. The van der Waals surface area contributed by atoms with Crippen molar-refractivity contribution in [2.24, 2.45) is 5.73 Å². The lowest BCUT2D eigenvalue weighted by atomic mass is 9.78. The highest BCUT2D eigenvalue weighted by Crippen LogP contribution is 2.41. The van der Waals surface area contributed by atoms with E-state index in [4.69, 9.17) is 10.8 Å². The average Bonchev–Trinajstić information content (AvgIpc) is 2.57. The number of hydrogen-bond donors (Lipinski definition) is 2. The highest BCUT2D eigenvalue weighted by Gasteiger charge is 2.39. The zero-order valence-electron chi connectivity index (χ0n) is 9.49. The number of hydrogen-bond acceptors (Lipinski definition) is 2. The molecule has 3 heteroatoms. The number of rotatable bonds is 3. The summed E-state index contributed by atoms with van der Waals surface area (Å²) in [5, 5.41) is 9.01. The van der Waals surface area contributed by atoms with E-state index >= 15 is 0 Å². The van der Waals surface area contributed by atoms with E-state index < -0.39 is 5.97 Å². The molecule has 1 unspecified atom stereocenters. The van der Waals surface area contributed by atoms with Crippen LogP contribution < -0.4 is 5.73 Å². The van der Waals surface area contributed by atoms with Gasteiger partial charge < -0.3 is 10.8 Å². The molecule has 0 spiro atoms. The third kappa shape index (κ3) is 1.71. The summed E-state index contributed by atoms with van der Waals surface area (Å²) in [5.74, 6) is -0.764. The number of benzene rings is 1. The van der Waals surface area contributed by atoms with Crippen molar-refractivity contribution in [3.63, 3.8) is 0 Å². The second-order valence-electron chi connectivity index (χ2n) is 4.72. The number of aliphatic carboxylic acids is 1. The number of carboxylic acids is 1. The molecule has 0 saturated carbocycles. The number of aryl methyl sites for hydroxylation is 2. The third-order valence-corrected chi connectivity index (χ3v) is 3.59. The molecular weight excluding hydrogens is 202 g/mol. The summed E-state index contributed by atoms with van der Waals surface area (Å²) in [6.07, 6.45) is 1.94. The Morgan fingerprint density at radius 3 is 2.94 bits per heavy atom. The zero-order chi connectivity index (χ0) is 11.8. The van der Waals surface area contributed by atoms with E-state index in [2.05, 4.69) is 18.2 Å². The number of nitrogens with two attached hydrogens (primary N) is 1. The Bertz CT molecular complexity index is 428. The lowest BCUT2D eigenvalue weighted by molar-refractivity contribution is -0.138. The molecular formula is C13H17NO2. The number of fused-ring (bicyclic) bond motifs is 1. The van der Waals surface area contributed by atoms with Gasteiger partial charge in [-0.3, -0.25) is 4.79 Å². The SMILES string of the molecule is Cc1ccc2c(c1)C(CN)(CC(=O)O)CC2. The molecule has 0 saturated heterocycles. The summed E-state index contributed by atoms with van der Waals surface area (Å²) < 4.78 is 0. The Balaban J connectivity index is 2.45. The van der Waals surface area contributed by atoms with Gasteiger partial charge in [0.2, 0.25) is 0 Å². The molecule has 1 aromatic rings. The predicted octanol–water partition coefficient (Wildman–Crippen LogP) is 1.61. The highest BCUT2D eigenvalue weighted by molar-refractivity contribution is 5.70. The fraction of sp³-hybridized carbons (Fsp3) is 0.462. The van der Waals surface area contributed by atoms with Crippen LogP contribution in [0.5, 0.6) is 0 Å². The summed E-state index contributed by atoms with van der Waals surface area (Å²) in [4.78, 5) is 11.0. The van der Waals surface area contributed by atoms with Crippen LogP contribution in [-0.2, 0) is 16.6 Å². The van der Waals surface area contributed by atoms with Crippen LogP contribution in [-0.4, -0.2) is 17.6 Å². The minimum Gasteiger partial charge on any atom is -0.481 e. The molecule has 0 radical (unpaired) electrons. The molecule has 1 aliphatic rings. The van der Waals surface area contributed by atoms with Gasteiger partial charge in [0, 0.05) is 12.0 Å². The van der Waals surface area contributed by atoms with E-state index in [1.807, 2.05) is 6.92 Å². The molecule has 0 fully saturated rings. The molecule has 0 aliphatic heterocycles. The predicted molar refractivity (Wildman–Crippen MR) is 62.5 cm³/mol. The Morgan fingerprint density at radius 2 is 2.31 bits per heavy atom. The first-order valence-corrected chi connectivity index (χ1v) is 5.59. The van der Waals surface area contributed by atoms with Crippen LogP contribution in [0.2, 0.25) is 0 Å². The summed E-state index contributed by atoms with van der Waals surface area (Å²) in [6.45, 7) is 2.44. The molecule has 1 aromatic carbocycles. The number of carboxylic acid groups (broad SMARTS) is 1. The van der Waals surface area contributed by atoms with Gasteiger partial charge in [-0.1, -0.05) is 23.8 Å². The van der Waals surface area contributed by atoms with Crippen LogP contribution in [0, 0.1) is 6.92 Å². The monoisotopic (exact) mass is 219 g/mol. The molecule has 0 heterocycles. The molecule has 2 rings (SSSR count). The van der Waals surface area contributed by atoms with Crippen LogP contribution in [0.15, 0.2) is 18.2 Å². The lowest BCUT2D eigenvalue weighted by Gasteiger charge is -2.27. The molecule has 0 amide bonds. The van der Waals surface area contributed by atoms with Gasteiger partial charge in [0.1, 0.15) is 0 Å². The van der Waals surface area contributed by atoms with Crippen molar-refractivity contribution in [2.75, 3.05) is 6.54 Å². The van der Waals surface area contributed by atoms with Gasteiger partial charge in [0.25, 0.3) is 0 Å². The topological polar surface area (TPSA) is 63.3 Å². The second kappa shape index (κ2) is 3.91. The van der Waals surface area contributed by atoms with E-state index in [-0.39, 0.29) is 11.8 Å². The van der Waals surface area contributed by atoms with Crippen molar-refractivity contribution < 1.29 is 9.90 Å². The fourth-order valence-corrected chi connectivity index (χ4v) is 2.67. The zero-order valence-corrected chi connectivity index (χ0v) is 9.49. The quantitative estimate of drug-likeness (QED) is 0.811. The normalized spacial score (nSPS) is 23.1. The molecule has 1 aliphatic carbocycles. The first kappa shape index (κ1) is 11.1. The summed E-state index contributed by atoms with van der Waals surface area (Å²) in [5.41, 5.74) is 9.06. The molecule has 1 atom stereocenters. The molecule has 3 nitrogen and oxygen atoms in total. The molecule has 0 aromatic heterocycles. The molecule has 16 heavy (non-hydrogen) atoms. The average molecular weight is 219 g/mol. The minimum atomic E-state index is -0.764. The van der Waals surface area contributed by atoms with E-state index in [1.54, 1.807) is 0 Å². The fourth-order valence-electron chi connectivity index (χ4n) is 2.67. The van der Waals surface area contributed by atoms with E-state index in [1.165, 1.54) is 11.1 Å². The van der Waals surface area contributed by atoms with Crippen molar-refractivity contribution in [3.8, 4) is 0 Å². The molecule has 86 valence electrons. The van der Waals surface area contributed by atoms with Crippen LogP contribution in [0.25, 0.3) is 0 Å². The number of carbonyl (C=O) groups is 1. The van der Waals surface area contributed by atoms with Crippen molar-refractivity contribution >= 4 is 5.97 Å². The van der Waals surface area contributed by atoms with Crippen LogP contribution >= 0.6 is 0 Å². The van der Waals surface area contributed by atoms with E-state index in [0.29, 0.717) is 6.54 Å². The highest BCUT2D eigenvalue weighted by atomic mass is 16.4. The van der Waals surface area contributed by atoms with Gasteiger partial charge in [-0.15, -0.1) is 0 Å². The standard InChI is InChI=1S/C13H17NO2/c1-9-2-3-10-4-5-13(8-14,7-12(15)16)11(10)6-9/h2-3,6H,4-5,7-8,14H2,1H3,(H,15,16). The van der Waals surface area contributed by atoms with Gasteiger partial charge in [0.15, 0.2) is 0 Å². The van der Waals surface area contributed by atoms with Gasteiger partial charge in [-0.25, -0.2) is 0 Å². The first-order valence-electron chi connectivity index (χ1n) is 5.59. The van der Waals surface area contributed by atoms with E-state index in [9.17, 15) is 4.79 Å². The smallest absolute Gasteiger partial charge is 0.304 e. The van der Waals surface area contributed by atoms with Gasteiger partial charge >= 0.3 is 5.97 Å². The van der Waals surface area contributed by atoms with Gasteiger partial charge in [-0.05, 0) is 30.9 Å². The minimum absolute atomic E-state index is 0.139. The Hall–Kier alpha value is -1.35. The summed E-state index contributed by atoms with van der Waals surface area (Å²) in [7, 11) is 0. The Morgan fingerprint density at radius 1 is 1.56 bits per heavy atom. The summed E-state index contributed by atoms with van der Waals surface area (Å²) in [6, 6.07) is 6.27. The second-order valence-corrected chi connectivity index (χ2v) is 4.72. The Labute approximate surface area is 95.3 Å². The third-order valence-electron chi connectivity index (χ3n) is 3.59. The molecule has 0 bridgehead atoms. The van der Waals surface area contributed by atoms with Crippen LogP contribution in [0.4, 0.5) is 0 Å². The van der Waals surface area contributed by atoms with Gasteiger partial charge in [-0.2, -0.15) is 0 Å².